The first kappa shape index (κ1) is 17.8. The van der Waals surface area contributed by atoms with Gasteiger partial charge in [0.05, 0.1) is 0 Å². The number of anilines is 1. The molecule has 25 heavy (non-hydrogen) atoms. The van der Waals surface area contributed by atoms with Crippen LogP contribution in [0.2, 0.25) is 0 Å². The van der Waals surface area contributed by atoms with Crippen molar-refractivity contribution in [2.45, 2.75) is 12.8 Å². The van der Waals surface area contributed by atoms with E-state index in [1.807, 2.05) is 6.07 Å². The van der Waals surface area contributed by atoms with Gasteiger partial charge in [-0.3, -0.25) is 4.99 Å². The minimum Gasteiger partial charge on any atom is -0.371 e. The summed E-state index contributed by atoms with van der Waals surface area (Å²) in [6, 6.07) is 18.9. The van der Waals surface area contributed by atoms with Gasteiger partial charge in [-0.15, -0.1) is 0 Å². The molecule has 132 valence electrons. The highest BCUT2D eigenvalue weighted by Crippen LogP contribution is 2.26. The van der Waals surface area contributed by atoms with Gasteiger partial charge in [-0.05, 0) is 42.5 Å². The van der Waals surface area contributed by atoms with E-state index in [0.29, 0.717) is 11.9 Å². The maximum Gasteiger partial charge on any atom is 0.188 e. The second kappa shape index (κ2) is 8.90. The Hall–Kier alpha value is -2.01. The molecular weight excluding hydrogens is 376 g/mol. The van der Waals surface area contributed by atoms with Crippen molar-refractivity contribution in [2.75, 3.05) is 31.1 Å². The number of benzene rings is 2. The number of nitrogens with one attached hydrogen (secondary N) is 1. The van der Waals surface area contributed by atoms with Gasteiger partial charge in [-0.2, -0.15) is 0 Å². The van der Waals surface area contributed by atoms with Gasteiger partial charge in [0.2, 0.25) is 0 Å². The standard InChI is InChI=1S/C20H25BrN4/c21-18-7-4-8-19(13-18)25-12-10-17(15-25)14-24-20(22)23-11-9-16-5-2-1-3-6-16/h1-8,13,17H,9-12,14-15H2,(H3,22,23,24). The third kappa shape index (κ3) is 5.49. The number of hydrogen-bond donors (Lipinski definition) is 2. The first-order valence-electron chi connectivity index (χ1n) is 8.79. The molecule has 1 fully saturated rings. The van der Waals surface area contributed by atoms with Crippen molar-refractivity contribution in [1.29, 1.82) is 0 Å². The fourth-order valence-electron chi connectivity index (χ4n) is 3.15. The zero-order chi connectivity index (χ0) is 17.5. The third-order valence-corrected chi connectivity index (χ3v) is 5.03. The van der Waals surface area contributed by atoms with Crippen molar-refractivity contribution in [2.24, 2.45) is 16.6 Å². The van der Waals surface area contributed by atoms with Gasteiger partial charge in [-0.1, -0.05) is 52.3 Å². The number of hydrogen-bond acceptors (Lipinski definition) is 2. The number of nitrogens with zero attached hydrogens (tertiary/aromatic N) is 2. The molecule has 0 amide bonds. The number of halogens is 1. The predicted octanol–water partition coefficient (Wildman–Crippen LogP) is 3.42. The molecule has 1 saturated heterocycles. The van der Waals surface area contributed by atoms with Crippen molar-refractivity contribution < 1.29 is 0 Å². The fourth-order valence-corrected chi connectivity index (χ4v) is 3.54. The van der Waals surface area contributed by atoms with Gasteiger partial charge in [0.1, 0.15) is 0 Å². The lowest BCUT2D eigenvalue weighted by atomic mass is 10.1. The molecule has 0 saturated carbocycles. The Labute approximate surface area is 158 Å². The summed E-state index contributed by atoms with van der Waals surface area (Å²) in [4.78, 5) is 6.95. The van der Waals surface area contributed by atoms with Crippen LogP contribution in [0.25, 0.3) is 0 Å². The van der Waals surface area contributed by atoms with E-state index in [0.717, 1.165) is 43.5 Å². The topological polar surface area (TPSA) is 53.6 Å². The largest absolute Gasteiger partial charge is 0.371 e. The van der Waals surface area contributed by atoms with Gasteiger partial charge in [-0.25, -0.2) is 0 Å². The second-order valence-corrected chi connectivity index (χ2v) is 7.38. The van der Waals surface area contributed by atoms with E-state index in [4.69, 9.17) is 5.73 Å². The molecule has 0 aliphatic carbocycles. The molecule has 1 aliphatic rings. The molecule has 3 rings (SSSR count). The Kier molecular flexibility index (Phi) is 6.34. The van der Waals surface area contributed by atoms with Crippen molar-refractivity contribution in [1.82, 2.24) is 5.32 Å². The zero-order valence-corrected chi connectivity index (χ0v) is 16.0. The van der Waals surface area contributed by atoms with Crippen LogP contribution >= 0.6 is 15.9 Å². The van der Waals surface area contributed by atoms with E-state index in [1.54, 1.807) is 0 Å². The quantitative estimate of drug-likeness (QED) is 0.576. The fraction of sp³-hybridized carbons (Fsp3) is 0.350. The van der Waals surface area contributed by atoms with Crippen molar-refractivity contribution in [3.63, 3.8) is 0 Å². The normalized spacial score (nSPS) is 17.7. The molecule has 1 heterocycles. The molecule has 3 N–H and O–H groups in total. The summed E-state index contributed by atoms with van der Waals surface area (Å²) in [6.07, 6.45) is 2.12. The second-order valence-electron chi connectivity index (χ2n) is 6.47. The average Bonchev–Trinajstić information content (AvgIpc) is 3.10. The predicted molar refractivity (Wildman–Crippen MR) is 109 cm³/mol. The molecule has 1 atom stereocenters. The van der Waals surface area contributed by atoms with Crippen LogP contribution in [0.1, 0.15) is 12.0 Å². The first-order chi connectivity index (χ1) is 12.2. The summed E-state index contributed by atoms with van der Waals surface area (Å²) >= 11 is 3.54. The molecule has 4 nitrogen and oxygen atoms in total. The third-order valence-electron chi connectivity index (χ3n) is 4.54. The van der Waals surface area contributed by atoms with Gasteiger partial charge < -0.3 is 16.0 Å². The maximum atomic E-state index is 6.00. The van der Waals surface area contributed by atoms with Crippen LogP contribution in [0.5, 0.6) is 0 Å². The van der Waals surface area contributed by atoms with Crippen LogP contribution in [-0.2, 0) is 6.42 Å². The molecule has 0 aromatic heterocycles. The van der Waals surface area contributed by atoms with Gasteiger partial charge in [0.15, 0.2) is 5.96 Å². The molecule has 1 aliphatic heterocycles. The summed E-state index contributed by atoms with van der Waals surface area (Å²) in [7, 11) is 0. The highest BCUT2D eigenvalue weighted by atomic mass is 79.9. The Bertz CT molecular complexity index is 702. The molecule has 0 radical (unpaired) electrons. The lowest BCUT2D eigenvalue weighted by Gasteiger charge is -2.18. The van der Waals surface area contributed by atoms with E-state index in [-0.39, 0.29) is 0 Å². The molecule has 0 bridgehead atoms. The first-order valence-corrected chi connectivity index (χ1v) is 9.58. The summed E-state index contributed by atoms with van der Waals surface area (Å²) in [5.41, 5.74) is 8.58. The monoisotopic (exact) mass is 400 g/mol. The molecule has 5 heteroatoms. The number of guanidine groups is 1. The van der Waals surface area contributed by atoms with E-state index in [9.17, 15) is 0 Å². The summed E-state index contributed by atoms with van der Waals surface area (Å²) in [5, 5.41) is 3.21. The van der Waals surface area contributed by atoms with Gasteiger partial charge >= 0.3 is 0 Å². The van der Waals surface area contributed by atoms with Crippen LogP contribution < -0.4 is 16.0 Å². The maximum absolute atomic E-state index is 6.00. The van der Waals surface area contributed by atoms with Crippen LogP contribution in [-0.4, -0.2) is 32.1 Å². The van der Waals surface area contributed by atoms with Gasteiger partial charge in [0, 0.05) is 36.3 Å². The Balaban J connectivity index is 1.41. The summed E-state index contributed by atoms with van der Waals surface area (Å²) in [5.74, 6) is 1.12. The minimum absolute atomic E-state index is 0.553. The van der Waals surface area contributed by atoms with Crippen LogP contribution in [0.4, 0.5) is 5.69 Å². The zero-order valence-electron chi connectivity index (χ0n) is 14.4. The highest BCUT2D eigenvalue weighted by Gasteiger charge is 2.22. The molecular formula is C20H25BrN4. The summed E-state index contributed by atoms with van der Waals surface area (Å²) < 4.78 is 1.12. The molecule has 2 aromatic carbocycles. The van der Waals surface area contributed by atoms with Crippen LogP contribution in [0.15, 0.2) is 64.1 Å². The number of nitrogens with two attached hydrogens (primary N) is 1. The highest BCUT2D eigenvalue weighted by molar-refractivity contribution is 9.10. The van der Waals surface area contributed by atoms with Crippen molar-refractivity contribution in [3.05, 3.63) is 64.6 Å². The van der Waals surface area contributed by atoms with Crippen molar-refractivity contribution >= 4 is 27.6 Å². The Morgan fingerprint density at radius 1 is 1.20 bits per heavy atom. The number of aliphatic imine (C=N–C) groups is 1. The van der Waals surface area contributed by atoms with Crippen LogP contribution in [0.3, 0.4) is 0 Å². The lowest BCUT2D eigenvalue weighted by Crippen LogP contribution is -2.34. The van der Waals surface area contributed by atoms with E-state index >= 15 is 0 Å². The summed E-state index contributed by atoms with van der Waals surface area (Å²) in [6.45, 7) is 3.72. The van der Waals surface area contributed by atoms with E-state index in [2.05, 4.69) is 79.7 Å². The Morgan fingerprint density at radius 3 is 2.84 bits per heavy atom. The molecule has 0 spiro atoms. The molecule has 1 unspecified atom stereocenters. The minimum atomic E-state index is 0.553. The van der Waals surface area contributed by atoms with Gasteiger partial charge in [0.25, 0.3) is 0 Å². The van der Waals surface area contributed by atoms with E-state index in [1.165, 1.54) is 11.3 Å². The smallest absolute Gasteiger partial charge is 0.188 e. The Morgan fingerprint density at radius 2 is 2.04 bits per heavy atom. The van der Waals surface area contributed by atoms with Crippen molar-refractivity contribution in [3.8, 4) is 0 Å². The average molecular weight is 401 g/mol. The SMILES string of the molecule is NC(=NCC1CCN(c2cccc(Br)c2)C1)NCCc1ccccc1. The van der Waals surface area contributed by atoms with Crippen LogP contribution in [0, 0.1) is 5.92 Å². The number of rotatable bonds is 6. The molecule has 2 aromatic rings. The van der Waals surface area contributed by atoms with E-state index < -0.39 is 0 Å². The lowest BCUT2D eigenvalue weighted by molar-refractivity contribution is 0.601.